The van der Waals surface area contributed by atoms with Crippen LogP contribution in [0.4, 0.5) is 11.4 Å². The lowest BCUT2D eigenvalue weighted by Crippen LogP contribution is -2.28. The van der Waals surface area contributed by atoms with Gasteiger partial charge in [0.05, 0.1) is 11.0 Å². The van der Waals surface area contributed by atoms with Gasteiger partial charge in [-0.1, -0.05) is 18.2 Å². The summed E-state index contributed by atoms with van der Waals surface area (Å²) in [5.41, 5.74) is 3.85. The first-order chi connectivity index (χ1) is 12.2. The number of aryl methyl sites for hydroxylation is 1. The molecule has 4 rings (SSSR count). The Kier molecular flexibility index (Phi) is 4.32. The molecular formula is C20H24N4O. The van der Waals surface area contributed by atoms with Crippen LogP contribution in [-0.4, -0.2) is 34.1 Å². The second-order valence-electron chi connectivity index (χ2n) is 6.87. The van der Waals surface area contributed by atoms with Crippen molar-refractivity contribution in [3.8, 4) is 0 Å². The van der Waals surface area contributed by atoms with Crippen LogP contribution in [0.5, 0.6) is 0 Å². The summed E-state index contributed by atoms with van der Waals surface area (Å²) in [5, 5.41) is 3.37. The molecular weight excluding hydrogens is 312 g/mol. The number of hydrogen-bond donors (Lipinski definition) is 2. The molecule has 5 heteroatoms. The molecule has 3 aromatic rings. The Bertz CT molecular complexity index is 912. The average Bonchev–Trinajstić information content (AvgIpc) is 3.16. The van der Waals surface area contributed by atoms with Gasteiger partial charge in [0, 0.05) is 24.0 Å². The molecule has 0 radical (unpaired) electrons. The van der Waals surface area contributed by atoms with Crippen LogP contribution in [0, 0.1) is 0 Å². The van der Waals surface area contributed by atoms with Crippen molar-refractivity contribution in [2.45, 2.75) is 31.8 Å². The number of aromatic nitrogens is 2. The topological polar surface area (TPSA) is 53.1 Å². The Morgan fingerprint density at radius 3 is 2.76 bits per heavy atom. The van der Waals surface area contributed by atoms with Gasteiger partial charge in [-0.25, -0.2) is 4.79 Å². The highest BCUT2D eigenvalue weighted by atomic mass is 16.1. The molecule has 1 saturated heterocycles. The first-order valence-corrected chi connectivity index (χ1v) is 8.95. The molecule has 0 bridgehead atoms. The number of anilines is 2. The molecule has 1 unspecified atom stereocenters. The quantitative estimate of drug-likeness (QED) is 0.749. The van der Waals surface area contributed by atoms with Gasteiger partial charge in [0.25, 0.3) is 0 Å². The van der Waals surface area contributed by atoms with E-state index in [1.807, 2.05) is 53.1 Å². The van der Waals surface area contributed by atoms with Gasteiger partial charge in [0.2, 0.25) is 0 Å². The normalized spacial score (nSPS) is 18.0. The molecule has 2 N–H and O–H groups in total. The lowest BCUT2D eigenvalue weighted by molar-refractivity contribution is 0.286. The molecule has 1 aliphatic rings. The van der Waals surface area contributed by atoms with Crippen molar-refractivity contribution in [1.29, 1.82) is 0 Å². The summed E-state index contributed by atoms with van der Waals surface area (Å²) in [7, 11) is 2.18. The van der Waals surface area contributed by atoms with Crippen molar-refractivity contribution in [3.63, 3.8) is 0 Å². The van der Waals surface area contributed by atoms with Crippen LogP contribution < -0.4 is 11.0 Å². The third-order valence-corrected chi connectivity index (χ3v) is 5.19. The van der Waals surface area contributed by atoms with E-state index >= 15 is 0 Å². The highest BCUT2D eigenvalue weighted by Crippen LogP contribution is 2.22. The molecule has 0 saturated carbocycles. The summed E-state index contributed by atoms with van der Waals surface area (Å²) in [5.74, 6) is 0. The molecule has 1 fully saturated rings. The molecule has 1 atom stereocenters. The summed E-state index contributed by atoms with van der Waals surface area (Å²) >= 11 is 0. The molecule has 1 aromatic heterocycles. The first kappa shape index (κ1) is 16.0. The van der Waals surface area contributed by atoms with Crippen LogP contribution in [0.1, 0.15) is 19.3 Å². The fourth-order valence-corrected chi connectivity index (χ4v) is 3.77. The van der Waals surface area contributed by atoms with Crippen LogP contribution in [0.15, 0.2) is 53.3 Å². The maximum absolute atomic E-state index is 12.4. The zero-order chi connectivity index (χ0) is 17.2. The van der Waals surface area contributed by atoms with Crippen molar-refractivity contribution in [2.75, 3.05) is 18.9 Å². The third-order valence-electron chi connectivity index (χ3n) is 5.19. The Morgan fingerprint density at radius 1 is 1.16 bits per heavy atom. The van der Waals surface area contributed by atoms with Gasteiger partial charge in [-0.2, -0.15) is 0 Å². The van der Waals surface area contributed by atoms with Gasteiger partial charge in [-0.15, -0.1) is 0 Å². The first-order valence-electron chi connectivity index (χ1n) is 8.95. The molecule has 130 valence electrons. The van der Waals surface area contributed by atoms with E-state index in [4.69, 9.17) is 0 Å². The monoisotopic (exact) mass is 336 g/mol. The number of fused-ring (bicyclic) bond motifs is 1. The van der Waals surface area contributed by atoms with Crippen LogP contribution in [0.2, 0.25) is 0 Å². The molecule has 25 heavy (non-hydrogen) atoms. The smallest absolute Gasteiger partial charge is 0.326 e. The van der Waals surface area contributed by atoms with E-state index in [2.05, 4.69) is 22.2 Å². The summed E-state index contributed by atoms with van der Waals surface area (Å²) in [6.07, 6.45) is 3.52. The number of nitrogens with one attached hydrogen (secondary N) is 2. The van der Waals surface area contributed by atoms with Crippen molar-refractivity contribution in [1.82, 2.24) is 14.5 Å². The molecule has 2 heterocycles. The highest BCUT2D eigenvalue weighted by Gasteiger charge is 2.21. The van der Waals surface area contributed by atoms with Crippen molar-refractivity contribution in [3.05, 3.63) is 59.0 Å². The lowest BCUT2D eigenvalue weighted by Gasteiger charge is -2.19. The standard InChI is InChI=1S/C20H24N4O/c1-23-12-5-8-17(23)11-13-24-19-10-9-16(14-18(19)22-20(24)25)21-15-6-3-2-4-7-15/h2-4,6-7,9-10,14,17,21H,5,8,11-13H2,1H3,(H,22,25). The zero-order valence-electron chi connectivity index (χ0n) is 14.5. The van der Waals surface area contributed by atoms with Gasteiger partial charge in [0.1, 0.15) is 0 Å². The summed E-state index contributed by atoms with van der Waals surface area (Å²) in [6.45, 7) is 1.93. The van der Waals surface area contributed by atoms with E-state index < -0.39 is 0 Å². The molecule has 1 aliphatic heterocycles. The minimum Gasteiger partial charge on any atom is -0.355 e. The zero-order valence-corrected chi connectivity index (χ0v) is 14.5. The number of hydrogen-bond acceptors (Lipinski definition) is 3. The van der Waals surface area contributed by atoms with Crippen LogP contribution >= 0.6 is 0 Å². The predicted octanol–water partition coefficient (Wildman–Crippen LogP) is 3.56. The Morgan fingerprint density at radius 2 is 2.00 bits per heavy atom. The minimum atomic E-state index is -0.0208. The van der Waals surface area contributed by atoms with E-state index in [1.54, 1.807) is 0 Å². The number of rotatable bonds is 5. The van der Waals surface area contributed by atoms with Crippen LogP contribution in [-0.2, 0) is 6.54 Å². The predicted molar refractivity (Wildman–Crippen MR) is 103 cm³/mol. The summed E-state index contributed by atoms with van der Waals surface area (Å²) in [6, 6.07) is 16.7. The fourth-order valence-electron chi connectivity index (χ4n) is 3.77. The van der Waals surface area contributed by atoms with Gasteiger partial charge < -0.3 is 15.2 Å². The number of imidazole rings is 1. The Labute approximate surface area is 147 Å². The summed E-state index contributed by atoms with van der Waals surface area (Å²) < 4.78 is 1.87. The van der Waals surface area contributed by atoms with E-state index in [-0.39, 0.29) is 5.69 Å². The van der Waals surface area contributed by atoms with Crippen LogP contribution in [0.3, 0.4) is 0 Å². The molecule has 0 amide bonds. The van der Waals surface area contributed by atoms with Gasteiger partial charge in [-0.05, 0) is 63.2 Å². The molecule has 0 spiro atoms. The van der Waals surface area contributed by atoms with Crippen molar-refractivity contribution < 1.29 is 0 Å². The molecule has 5 nitrogen and oxygen atoms in total. The minimum absolute atomic E-state index is 0.0208. The average molecular weight is 336 g/mol. The molecule has 0 aliphatic carbocycles. The van der Waals surface area contributed by atoms with E-state index in [0.717, 1.165) is 35.4 Å². The van der Waals surface area contributed by atoms with E-state index in [0.29, 0.717) is 6.04 Å². The highest BCUT2D eigenvalue weighted by molar-refractivity contribution is 5.80. The SMILES string of the molecule is CN1CCCC1CCn1c(=O)[nH]c2cc(Nc3ccccc3)ccc21. The third kappa shape index (κ3) is 3.33. The number of nitrogens with zero attached hydrogens (tertiary/aromatic N) is 2. The Hall–Kier alpha value is -2.53. The maximum atomic E-state index is 12.4. The van der Waals surface area contributed by atoms with Crippen LogP contribution in [0.25, 0.3) is 11.0 Å². The second kappa shape index (κ2) is 6.76. The molecule has 2 aromatic carbocycles. The lowest BCUT2D eigenvalue weighted by atomic mass is 10.1. The van der Waals surface area contributed by atoms with E-state index in [9.17, 15) is 4.79 Å². The number of H-pyrrole nitrogens is 1. The van der Waals surface area contributed by atoms with Gasteiger partial charge in [-0.3, -0.25) is 4.57 Å². The number of para-hydroxylation sites is 1. The van der Waals surface area contributed by atoms with Crippen molar-refractivity contribution in [2.24, 2.45) is 0 Å². The second-order valence-corrected chi connectivity index (χ2v) is 6.87. The largest absolute Gasteiger partial charge is 0.355 e. The maximum Gasteiger partial charge on any atom is 0.326 e. The Balaban J connectivity index is 1.55. The fraction of sp³-hybridized carbons (Fsp3) is 0.350. The number of benzene rings is 2. The number of aromatic amines is 1. The van der Waals surface area contributed by atoms with Gasteiger partial charge in [0.15, 0.2) is 0 Å². The van der Waals surface area contributed by atoms with Gasteiger partial charge >= 0.3 is 5.69 Å². The van der Waals surface area contributed by atoms with E-state index in [1.165, 1.54) is 19.4 Å². The summed E-state index contributed by atoms with van der Waals surface area (Å²) in [4.78, 5) is 17.8. The van der Waals surface area contributed by atoms with Crippen molar-refractivity contribution >= 4 is 22.4 Å². The number of likely N-dealkylation sites (tertiary alicyclic amines) is 1.